The Bertz CT molecular complexity index is 434. The van der Waals surface area contributed by atoms with Crippen LogP contribution in [-0.2, 0) is 4.74 Å². The van der Waals surface area contributed by atoms with Crippen molar-refractivity contribution < 1.29 is 14.3 Å². The number of ether oxygens (including phenoxy) is 1. The van der Waals surface area contributed by atoms with Crippen molar-refractivity contribution in [2.75, 3.05) is 24.7 Å². The van der Waals surface area contributed by atoms with E-state index in [1.165, 1.54) is 23.1 Å². The van der Waals surface area contributed by atoms with Crippen LogP contribution >= 0.6 is 23.1 Å². The van der Waals surface area contributed by atoms with E-state index in [0.717, 1.165) is 0 Å². The lowest BCUT2D eigenvalue weighted by atomic mass is 10.5. The van der Waals surface area contributed by atoms with E-state index in [-0.39, 0.29) is 18.5 Å². The largest absolute Gasteiger partial charge is 0.462 e. The molecule has 8 heteroatoms. The Morgan fingerprint density at radius 2 is 2.17 bits per heavy atom. The van der Waals surface area contributed by atoms with Crippen molar-refractivity contribution in [3.63, 3.8) is 0 Å². The van der Waals surface area contributed by atoms with Gasteiger partial charge in [0.15, 0.2) is 15.0 Å². The molecule has 0 saturated heterocycles. The zero-order valence-corrected chi connectivity index (χ0v) is 12.0. The molecular weight excluding hydrogens is 274 g/mol. The minimum atomic E-state index is -0.470. The molecule has 18 heavy (non-hydrogen) atoms. The van der Waals surface area contributed by atoms with Crippen LogP contribution in [0.15, 0.2) is 4.34 Å². The molecule has 2 amide bonds. The Labute approximate surface area is 114 Å². The zero-order valence-electron chi connectivity index (χ0n) is 10.4. The van der Waals surface area contributed by atoms with Gasteiger partial charge in [0.05, 0.1) is 6.61 Å². The van der Waals surface area contributed by atoms with Crippen LogP contribution in [0, 0.1) is 0 Å². The Balaban J connectivity index is 2.90. The van der Waals surface area contributed by atoms with Crippen LogP contribution in [0.1, 0.15) is 23.5 Å². The summed E-state index contributed by atoms with van der Waals surface area (Å²) in [5.74, 6) is -0.226. The summed E-state index contributed by atoms with van der Waals surface area (Å²) in [5.41, 5.74) is 0. The number of nitrogens with one attached hydrogen (secondary N) is 2. The van der Waals surface area contributed by atoms with Gasteiger partial charge in [0.25, 0.3) is 0 Å². The monoisotopic (exact) mass is 289 g/mol. The number of amides is 2. The number of rotatable bonds is 5. The summed E-state index contributed by atoms with van der Waals surface area (Å²) >= 11 is 2.61. The predicted molar refractivity (Wildman–Crippen MR) is 72.5 cm³/mol. The van der Waals surface area contributed by atoms with Gasteiger partial charge >= 0.3 is 12.0 Å². The van der Waals surface area contributed by atoms with Crippen molar-refractivity contribution in [3.05, 3.63) is 4.88 Å². The first-order valence-electron chi connectivity index (χ1n) is 5.39. The van der Waals surface area contributed by atoms with E-state index in [0.29, 0.717) is 15.8 Å². The lowest BCUT2D eigenvalue weighted by Gasteiger charge is -2.04. The van der Waals surface area contributed by atoms with Crippen LogP contribution in [0.4, 0.5) is 10.6 Å². The molecule has 1 rings (SSSR count). The van der Waals surface area contributed by atoms with Gasteiger partial charge in [-0.05, 0) is 20.1 Å². The van der Waals surface area contributed by atoms with Gasteiger partial charge in [-0.3, -0.25) is 5.32 Å². The fraction of sp³-hybridized carbons (Fsp3) is 0.500. The van der Waals surface area contributed by atoms with Gasteiger partial charge < -0.3 is 10.1 Å². The third-order valence-corrected chi connectivity index (χ3v) is 3.83. The average Bonchev–Trinajstić information content (AvgIpc) is 2.73. The number of thiazole rings is 1. The summed E-state index contributed by atoms with van der Waals surface area (Å²) in [6.45, 7) is 4.32. The van der Waals surface area contributed by atoms with Crippen LogP contribution in [-0.4, -0.2) is 36.4 Å². The normalized spacial score (nSPS) is 9.94. The van der Waals surface area contributed by atoms with Gasteiger partial charge in [0.2, 0.25) is 0 Å². The second-order valence-electron chi connectivity index (χ2n) is 3.07. The molecule has 6 nitrogen and oxygen atoms in total. The maximum atomic E-state index is 11.7. The Hall–Kier alpha value is -1.28. The minimum absolute atomic E-state index is 0.244. The minimum Gasteiger partial charge on any atom is -0.462 e. The molecule has 2 N–H and O–H groups in total. The summed E-state index contributed by atoms with van der Waals surface area (Å²) in [7, 11) is 0. The number of thioether (sulfide) groups is 1. The Kier molecular flexibility index (Phi) is 5.93. The van der Waals surface area contributed by atoms with Gasteiger partial charge in [0, 0.05) is 6.54 Å². The van der Waals surface area contributed by atoms with Crippen LogP contribution in [0.2, 0.25) is 0 Å². The molecule has 100 valence electrons. The van der Waals surface area contributed by atoms with Crippen LogP contribution in [0.5, 0.6) is 0 Å². The highest BCUT2D eigenvalue weighted by atomic mass is 32.2. The molecule has 1 heterocycles. The number of carbonyl (C=O) groups excluding carboxylic acids is 2. The smallest absolute Gasteiger partial charge is 0.352 e. The topological polar surface area (TPSA) is 80.3 Å². The second-order valence-corrected chi connectivity index (χ2v) is 5.12. The predicted octanol–water partition coefficient (Wildman–Crippen LogP) is 2.18. The molecule has 1 aromatic heterocycles. The van der Waals surface area contributed by atoms with Crippen molar-refractivity contribution in [1.82, 2.24) is 10.3 Å². The summed E-state index contributed by atoms with van der Waals surface area (Å²) < 4.78 is 5.62. The first-order chi connectivity index (χ1) is 8.62. The summed E-state index contributed by atoms with van der Waals surface area (Å²) in [5, 5.41) is 5.12. The van der Waals surface area contributed by atoms with E-state index < -0.39 is 5.97 Å². The van der Waals surface area contributed by atoms with E-state index in [1.54, 1.807) is 13.8 Å². The molecule has 0 aliphatic heterocycles. The molecule has 0 saturated carbocycles. The van der Waals surface area contributed by atoms with E-state index in [4.69, 9.17) is 4.74 Å². The van der Waals surface area contributed by atoms with Crippen molar-refractivity contribution in [3.8, 4) is 0 Å². The van der Waals surface area contributed by atoms with Gasteiger partial charge in [0.1, 0.15) is 0 Å². The third kappa shape index (κ3) is 3.88. The fourth-order valence-corrected chi connectivity index (χ4v) is 2.53. The number of hydrogen-bond acceptors (Lipinski definition) is 6. The van der Waals surface area contributed by atoms with Gasteiger partial charge in [-0.25, -0.2) is 14.6 Å². The standard InChI is InChI=1S/C10H15N3O3S2/c1-4-11-9(15)12-7-6(8(14)16-5-2)18-10(13-7)17-3/h4-5H2,1-3H3,(H2,11,12,15). The Morgan fingerprint density at radius 1 is 1.44 bits per heavy atom. The van der Waals surface area contributed by atoms with Gasteiger partial charge in [-0.15, -0.1) is 0 Å². The maximum Gasteiger partial charge on any atom is 0.352 e. The number of esters is 1. The molecule has 1 aromatic rings. The number of carbonyl (C=O) groups is 2. The molecule has 0 bridgehead atoms. The van der Waals surface area contributed by atoms with Crippen molar-refractivity contribution in [2.24, 2.45) is 0 Å². The van der Waals surface area contributed by atoms with E-state index >= 15 is 0 Å². The summed E-state index contributed by atoms with van der Waals surface area (Å²) in [6, 6.07) is -0.388. The molecule has 0 aliphatic carbocycles. The number of nitrogens with zero attached hydrogens (tertiary/aromatic N) is 1. The van der Waals surface area contributed by atoms with E-state index in [2.05, 4.69) is 15.6 Å². The van der Waals surface area contributed by atoms with Crippen LogP contribution < -0.4 is 10.6 Å². The highest BCUT2D eigenvalue weighted by molar-refractivity contribution is 8.00. The maximum absolute atomic E-state index is 11.7. The first-order valence-corrected chi connectivity index (χ1v) is 7.43. The first kappa shape index (κ1) is 14.8. The average molecular weight is 289 g/mol. The molecular formula is C10H15N3O3S2. The van der Waals surface area contributed by atoms with E-state index in [9.17, 15) is 9.59 Å². The molecule has 0 aromatic carbocycles. The molecule has 0 fully saturated rings. The highest BCUT2D eigenvalue weighted by Crippen LogP contribution is 2.29. The SMILES string of the molecule is CCNC(=O)Nc1nc(SC)sc1C(=O)OCC. The quantitative estimate of drug-likeness (QED) is 0.641. The highest BCUT2D eigenvalue weighted by Gasteiger charge is 2.20. The molecule has 0 spiro atoms. The fourth-order valence-electron chi connectivity index (χ4n) is 1.12. The Morgan fingerprint density at radius 3 is 2.72 bits per heavy atom. The van der Waals surface area contributed by atoms with Crippen LogP contribution in [0.3, 0.4) is 0 Å². The lowest BCUT2D eigenvalue weighted by Crippen LogP contribution is -2.29. The number of aromatic nitrogens is 1. The molecule has 0 radical (unpaired) electrons. The number of anilines is 1. The van der Waals surface area contributed by atoms with E-state index in [1.807, 2.05) is 6.26 Å². The summed E-state index contributed by atoms with van der Waals surface area (Å²) in [6.07, 6.45) is 1.85. The second kappa shape index (κ2) is 7.22. The lowest BCUT2D eigenvalue weighted by molar-refractivity contribution is 0.0533. The van der Waals surface area contributed by atoms with Crippen LogP contribution in [0.25, 0.3) is 0 Å². The van der Waals surface area contributed by atoms with Crippen molar-refractivity contribution in [2.45, 2.75) is 18.2 Å². The van der Waals surface area contributed by atoms with Gasteiger partial charge in [-0.1, -0.05) is 23.1 Å². The van der Waals surface area contributed by atoms with Crippen molar-refractivity contribution in [1.29, 1.82) is 0 Å². The number of urea groups is 1. The summed E-state index contributed by atoms with van der Waals surface area (Å²) in [4.78, 5) is 27.6. The number of hydrogen-bond donors (Lipinski definition) is 2. The van der Waals surface area contributed by atoms with Crippen molar-refractivity contribution >= 4 is 40.9 Å². The molecule has 0 unspecified atom stereocenters. The molecule has 0 atom stereocenters. The zero-order chi connectivity index (χ0) is 13.5. The van der Waals surface area contributed by atoms with Gasteiger partial charge in [-0.2, -0.15) is 0 Å². The third-order valence-electron chi connectivity index (χ3n) is 1.81. The molecule has 0 aliphatic rings.